The Morgan fingerprint density at radius 2 is 2.25 bits per heavy atom. The fourth-order valence-corrected chi connectivity index (χ4v) is 1.65. The highest BCUT2D eigenvalue weighted by Gasteiger charge is 2.28. The Balaban J connectivity index is 0.00000361. The van der Waals surface area contributed by atoms with Crippen molar-refractivity contribution in [1.29, 1.82) is 0 Å². The Morgan fingerprint density at radius 3 is 2.75 bits per heavy atom. The van der Waals surface area contributed by atoms with E-state index < -0.39 is 10.8 Å². The fourth-order valence-electron chi connectivity index (χ4n) is 1.65. The number of halogens is 1. The third kappa shape index (κ3) is 4.78. The van der Waals surface area contributed by atoms with Crippen LogP contribution in [0.25, 0.3) is 0 Å². The van der Waals surface area contributed by atoms with Gasteiger partial charge in [0, 0.05) is 12.6 Å². The number of nitro groups is 1. The maximum absolute atomic E-state index is 11.8. The fraction of sp³-hybridized carbons (Fsp3) is 0.636. The Kier molecular flexibility index (Phi) is 7.78. The molecule has 0 aliphatic rings. The monoisotopic (exact) mass is 305 g/mol. The standard InChI is InChI=1S/C11H19N5O3.ClH/c1-3-4-8-10(16(18)19)9(15-14-8)11(17)13-6-5-7(2)12;/h7H,3-6,12H2,1-2H3,(H,13,17)(H,14,15);1H. The van der Waals surface area contributed by atoms with Crippen LogP contribution in [0.15, 0.2) is 0 Å². The molecule has 1 unspecified atom stereocenters. The molecule has 0 saturated heterocycles. The molecule has 1 heterocycles. The molecule has 0 fully saturated rings. The molecule has 1 atom stereocenters. The summed E-state index contributed by atoms with van der Waals surface area (Å²) in [6.45, 7) is 4.08. The molecule has 0 spiro atoms. The summed E-state index contributed by atoms with van der Waals surface area (Å²) in [5.41, 5.74) is 5.53. The van der Waals surface area contributed by atoms with Crippen molar-refractivity contribution in [2.24, 2.45) is 5.73 Å². The Labute approximate surface area is 123 Å². The molecule has 20 heavy (non-hydrogen) atoms. The number of aromatic amines is 1. The largest absolute Gasteiger partial charge is 0.350 e. The molecule has 0 radical (unpaired) electrons. The van der Waals surface area contributed by atoms with Crippen LogP contribution in [0.1, 0.15) is 42.9 Å². The quantitative estimate of drug-likeness (QED) is 0.514. The van der Waals surface area contributed by atoms with Crippen LogP contribution >= 0.6 is 12.4 Å². The minimum absolute atomic E-state index is 0. The minimum Gasteiger partial charge on any atom is -0.350 e. The van der Waals surface area contributed by atoms with E-state index >= 15 is 0 Å². The molecular weight excluding hydrogens is 286 g/mol. The number of nitrogens with zero attached hydrogens (tertiary/aromatic N) is 2. The molecule has 1 rings (SSSR count). The number of aryl methyl sites for hydroxylation is 1. The van der Waals surface area contributed by atoms with Crippen LogP contribution < -0.4 is 11.1 Å². The van der Waals surface area contributed by atoms with Crippen molar-refractivity contribution in [1.82, 2.24) is 15.5 Å². The van der Waals surface area contributed by atoms with Crippen LogP contribution in [0.3, 0.4) is 0 Å². The van der Waals surface area contributed by atoms with Gasteiger partial charge in [0.2, 0.25) is 5.69 Å². The lowest BCUT2D eigenvalue weighted by Gasteiger charge is -2.05. The zero-order valence-electron chi connectivity index (χ0n) is 11.5. The van der Waals surface area contributed by atoms with Gasteiger partial charge < -0.3 is 11.1 Å². The smallest absolute Gasteiger partial charge is 0.322 e. The van der Waals surface area contributed by atoms with Crippen molar-refractivity contribution in [3.05, 3.63) is 21.5 Å². The molecular formula is C11H20ClN5O3. The summed E-state index contributed by atoms with van der Waals surface area (Å²) in [6.07, 6.45) is 1.82. The summed E-state index contributed by atoms with van der Waals surface area (Å²) in [5.74, 6) is -0.550. The average molecular weight is 306 g/mol. The van der Waals surface area contributed by atoms with E-state index in [9.17, 15) is 14.9 Å². The van der Waals surface area contributed by atoms with Gasteiger partial charge >= 0.3 is 5.69 Å². The van der Waals surface area contributed by atoms with Crippen LogP contribution in [0.4, 0.5) is 5.69 Å². The number of carbonyl (C=O) groups is 1. The molecule has 0 aliphatic carbocycles. The average Bonchev–Trinajstić information content (AvgIpc) is 2.72. The Hall–Kier alpha value is -1.67. The van der Waals surface area contributed by atoms with E-state index in [-0.39, 0.29) is 29.8 Å². The zero-order chi connectivity index (χ0) is 14.4. The van der Waals surface area contributed by atoms with Crippen LogP contribution in [0.5, 0.6) is 0 Å². The molecule has 0 bridgehead atoms. The second-order valence-electron chi connectivity index (χ2n) is 4.43. The second kappa shape index (κ2) is 8.49. The summed E-state index contributed by atoms with van der Waals surface area (Å²) in [6, 6.07) is -0.0369. The van der Waals surface area contributed by atoms with Crippen molar-refractivity contribution >= 4 is 24.0 Å². The molecule has 1 aromatic heterocycles. The van der Waals surface area contributed by atoms with Gasteiger partial charge in [0.15, 0.2) is 0 Å². The maximum atomic E-state index is 11.8. The first kappa shape index (κ1) is 18.3. The van der Waals surface area contributed by atoms with Gasteiger partial charge in [0.1, 0.15) is 5.69 Å². The zero-order valence-corrected chi connectivity index (χ0v) is 12.3. The van der Waals surface area contributed by atoms with E-state index in [1.807, 2.05) is 13.8 Å². The minimum atomic E-state index is -0.574. The van der Waals surface area contributed by atoms with Gasteiger partial charge in [-0.15, -0.1) is 12.4 Å². The highest BCUT2D eigenvalue weighted by atomic mass is 35.5. The van der Waals surface area contributed by atoms with E-state index in [1.165, 1.54) is 0 Å². The van der Waals surface area contributed by atoms with Crippen LogP contribution in [0, 0.1) is 10.1 Å². The number of nitrogens with two attached hydrogens (primary N) is 1. The first-order valence-corrected chi connectivity index (χ1v) is 6.22. The SMILES string of the molecule is CCCc1[nH]nc(C(=O)NCCC(C)N)c1[N+](=O)[O-].Cl. The van der Waals surface area contributed by atoms with E-state index in [2.05, 4.69) is 15.5 Å². The third-order valence-corrected chi connectivity index (χ3v) is 2.60. The lowest BCUT2D eigenvalue weighted by atomic mass is 10.2. The topological polar surface area (TPSA) is 127 Å². The molecule has 1 amide bonds. The molecule has 114 valence electrons. The van der Waals surface area contributed by atoms with Crippen molar-refractivity contribution in [2.75, 3.05) is 6.54 Å². The second-order valence-corrected chi connectivity index (χ2v) is 4.43. The predicted molar refractivity (Wildman–Crippen MR) is 77.1 cm³/mol. The summed E-state index contributed by atoms with van der Waals surface area (Å²) < 4.78 is 0. The van der Waals surface area contributed by atoms with Crippen molar-refractivity contribution in [3.8, 4) is 0 Å². The van der Waals surface area contributed by atoms with Gasteiger partial charge in [-0.1, -0.05) is 13.3 Å². The summed E-state index contributed by atoms with van der Waals surface area (Å²) in [5, 5.41) is 19.9. The van der Waals surface area contributed by atoms with Gasteiger partial charge in [0.25, 0.3) is 5.91 Å². The maximum Gasteiger partial charge on any atom is 0.322 e. The Morgan fingerprint density at radius 1 is 1.60 bits per heavy atom. The number of aromatic nitrogens is 2. The van der Waals surface area contributed by atoms with E-state index in [1.54, 1.807) is 0 Å². The highest BCUT2D eigenvalue weighted by molar-refractivity contribution is 5.96. The number of hydrogen-bond acceptors (Lipinski definition) is 5. The number of rotatable bonds is 7. The summed E-state index contributed by atoms with van der Waals surface area (Å²) in [7, 11) is 0. The predicted octanol–water partition coefficient (Wildman–Crippen LogP) is 1.16. The lowest BCUT2D eigenvalue weighted by molar-refractivity contribution is -0.385. The molecule has 9 heteroatoms. The molecule has 8 nitrogen and oxygen atoms in total. The lowest BCUT2D eigenvalue weighted by Crippen LogP contribution is -2.29. The van der Waals surface area contributed by atoms with Crippen LogP contribution in [0.2, 0.25) is 0 Å². The van der Waals surface area contributed by atoms with Crippen molar-refractivity contribution < 1.29 is 9.72 Å². The normalized spacial score (nSPS) is 11.6. The molecule has 1 aromatic rings. The molecule has 4 N–H and O–H groups in total. The molecule has 0 aromatic carbocycles. The van der Waals surface area contributed by atoms with Crippen LogP contribution in [-0.4, -0.2) is 33.6 Å². The number of nitrogens with one attached hydrogen (secondary N) is 2. The molecule has 0 saturated carbocycles. The first-order valence-electron chi connectivity index (χ1n) is 6.22. The van der Waals surface area contributed by atoms with E-state index in [0.717, 1.165) is 6.42 Å². The van der Waals surface area contributed by atoms with Gasteiger partial charge in [-0.25, -0.2) is 0 Å². The third-order valence-electron chi connectivity index (χ3n) is 2.60. The van der Waals surface area contributed by atoms with E-state index in [4.69, 9.17) is 5.73 Å². The number of H-pyrrole nitrogens is 1. The number of hydrogen-bond donors (Lipinski definition) is 3. The van der Waals surface area contributed by atoms with Gasteiger partial charge in [-0.2, -0.15) is 5.10 Å². The van der Waals surface area contributed by atoms with E-state index in [0.29, 0.717) is 25.1 Å². The number of carbonyl (C=O) groups excluding carboxylic acids is 1. The van der Waals surface area contributed by atoms with Gasteiger partial charge in [-0.05, 0) is 19.8 Å². The van der Waals surface area contributed by atoms with Crippen LogP contribution in [-0.2, 0) is 6.42 Å². The first-order chi connectivity index (χ1) is 8.97. The molecule has 0 aliphatic heterocycles. The van der Waals surface area contributed by atoms with Gasteiger partial charge in [-0.3, -0.25) is 20.0 Å². The summed E-state index contributed by atoms with van der Waals surface area (Å²) >= 11 is 0. The van der Waals surface area contributed by atoms with Crippen molar-refractivity contribution in [2.45, 2.75) is 39.2 Å². The Bertz CT molecular complexity index is 461. The van der Waals surface area contributed by atoms with Crippen molar-refractivity contribution in [3.63, 3.8) is 0 Å². The summed E-state index contributed by atoms with van der Waals surface area (Å²) in [4.78, 5) is 22.3. The van der Waals surface area contributed by atoms with Gasteiger partial charge in [0.05, 0.1) is 4.92 Å². The number of amides is 1. The highest BCUT2D eigenvalue weighted by Crippen LogP contribution is 2.22.